The van der Waals surface area contributed by atoms with Crippen molar-refractivity contribution in [3.63, 3.8) is 0 Å². The van der Waals surface area contributed by atoms with E-state index in [1.165, 1.54) is 0 Å². The normalized spacial score (nSPS) is 12.3. The minimum Gasteiger partial charge on any atom is -0.455 e. The Hall–Kier alpha value is -2.10. The Labute approximate surface area is 128 Å². The Bertz CT molecular complexity index is 769. The zero-order valence-electron chi connectivity index (χ0n) is 11.6. The van der Waals surface area contributed by atoms with Gasteiger partial charge in [0, 0.05) is 21.8 Å². The molecule has 3 rings (SSSR count). The van der Waals surface area contributed by atoms with Crippen LogP contribution in [0.4, 0.5) is 0 Å². The third-order valence-corrected chi connectivity index (χ3v) is 3.61. The van der Waals surface area contributed by atoms with Crippen molar-refractivity contribution in [2.45, 2.75) is 13.0 Å². The van der Waals surface area contributed by atoms with Gasteiger partial charge in [0.15, 0.2) is 0 Å². The fourth-order valence-electron chi connectivity index (χ4n) is 2.17. The number of rotatable bonds is 3. The molecule has 1 heterocycles. The minimum atomic E-state index is -0.0876. The van der Waals surface area contributed by atoms with Crippen LogP contribution in [-0.2, 0) is 0 Å². The number of hydrogen-bond acceptors (Lipinski definition) is 3. The molecule has 106 valence electrons. The molecule has 0 spiro atoms. The molecule has 0 radical (unpaired) electrons. The molecule has 1 unspecified atom stereocenters. The predicted octanol–water partition coefficient (Wildman–Crippen LogP) is 4.70. The van der Waals surface area contributed by atoms with Crippen molar-refractivity contribution in [2.75, 3.05) is 0 Å². The molecule has 0 saturated carbocycles. The molecule has 0 aliphatic rings. The van der Waals surface area contributed by atoms with Crippen molar-refractivity contribution < 1.29 is 4.74 Å². The number of ether oxygens (including phenoxy) is 1. The van der Waals surface area contributed by atoms with Crippen LogP contribution >= 0.6 is 11.6 Å². The molecular weight excluding hydrogens is 284 g/mol. The SMILES string of the molecule is CC(N)c1ccc(Oc2ccc(Cl)c3ccccc23)cn1. The van der Waals surface area contributed by atoms with E-state index in [-0.39, 0.29) is 6.04 Å². The molecule has 0 aliphatic carbocycles. The largest absolute Gasteiger partial charge is 0.455 e. The second kappa shape index (κ2) is 5.72. The molecule has 3 nitrogen and oxygen atoms in total. The zero-order valence-corrected chi connectivity index (χ0v) is 12.3. The summed E-state index contributed by atoms with van der Waals surface area (Å²) in [6.45, 7) is 1.90. The van der Waals surface area contributed by atoms with Crippen molar-refractivity contribution in [3.8, 4) is 11.5 Å². The maximum atomic E-state index is 6.21. The van der Waals surface area contributed by atoms with Gasteiger partial charge in [-0.25, -0.2) is 0 Å². The van der Waals surface area contributed by atoms with Crippen molar-refractivity contribution in [1.29, 1.82) is 0 Å². The second-order valence-corrected chi connectivity index (χ2v) is 5.31. The summed E-state index contributed by atoms with van der Waals surface area (Å²) in [5.74, 6) is 1.43. The average Bonchev–Trinajstić information content (AvgIpc) is 2.51. The van der Waals surface area contributed by atoms with Gasteiger partial charge in [-0.2, -0.15) is 0 Å². The Morgan fingerprint density at radius 2 is 1.81 bits per heavy atom. The van der Waals surface area contributed by atoms with Gasteiger partial charge in [0.05, 0.1) is 11.9 Å². The quantitative estimate of drug-likeness (QED) is 0.762. The topological polar surface area (TPSA) is 48.1 Å². The van der Waals surface area contributed by atoms with Gasteiger partial charge in [0.25, 0.3) is 0 Å². The van der Waals surface area contributed by atoms with Crippen LogP contribution in [0, 0.1) is 0 Å². The molecule has 21 heavy (non-hydrogen) atoms. The van der Waals surface area contributed by atoms with E-state index in [1.54, 1.807) is 6.20 Å². The van der Waals surface area contributed by atoms with Crippen LogP contribution in [0.15, 0.2) is 54.7 Å². The maximum Gasteiger partial charge on any atom is 0.145 e. The molecule has 1 atom stereocenters. The highest BCUT2D eigenvalue weighted by molar-refractivity contribution is 6.35. The molecule has 3 aromatic rings. The fourth-order valence-corrected chi connectivity index (χ4v) is 2.40. The first-order valence-electron chi connectivity index (χ1n) is 6.72. The minimum absolute atomic E-state index is 0.0876. The molecule has 0 amide bonds. The number of nitrogens with zero attached hydrogens (tertiary/aromatic N) is 1. The smallest absolute Gasteiger partial charge is 0.145 e. The monoisotopic (exact) mass is 298 g/mol. The van der Waals surface area contributed by atoms with Crippen LogP contribution < -0.4 is 10.5 Å². The Morgan fingerprint density at radius 3 is 2.48 bits per heavy atom. The van der Waals surface area contributed by atoms with Gasteiger partial charge >= 0.3 is 0 Å². The highest BCUT2D eigenvalue weighted by Crippen LogP contribution is 2.33. The number of pyridine rings is 1. The summed E-state index contributed by atoms with van der Waals surface area (Å²) in [4.78, 5) is 4.30. The van der Waals surface area contributed by atoms with Crippen molar-refractivity contribution in [2.24, 2.45) is 5.73 Å². The average molecular weight is 299 g/mol. The van der Waals surface area contributed by atoms with E-state index >= 15 is 0 Å². The number of fused-ring (bicyclic) bond motifs is 1. The summed E-state index contributed by atoms with van der Waals surface area (Å²) in [5.41, 5.74) is 6.63. The summed E-state index contributed by atoms with van der Waals surface area (Å²) in [6.07, 6.45) is 1.68. The van der Waals surface area contributed by atoms with Crippen LogP contribution in [-0.4, -0.2) is 4.98 Å². The highest BCUT2D eigenvalue weighted by Gasteiger charge is 2.07. The predicted molar refractivity (Wildman–Crippen MR) is 85.9 cm³/mol. The first-order valence-corrected chi connectivity index (χ1v) is 7.09. The van der Waals surface area contributed by atoms with Gasteiger partial charge in [-0.1, -0.05) is 35.9 Å². The van der Waals surface area contributed by atoms with Gasteiger partial charge in [0.2, 0.25) is 0 Å². The standard InChI is InChI=1S/C17H15ClN2O/c1-11(19)16-8-6-12(10-20-16)21-17-9-7-15(18)13-4-2-3-5-14(13)17/h2-11H,19H2,1H3. The van der Waals surface area contributed by atoms with E-state index in [4.69, 9.17) is 22.1 Å². The summed E-state index contributed by atoms with van der Waals surface area (Å²) in [6, 6.07) is 15.2. The number of nitrogens with two attached hydrogens (primary N) is 1. The lowest BCUT2D eigenvalue weighted by molar-refractivity contribution is 0.485. The third kappa shape index (κ3) is 2.84. The molecule has 0 saturated heterocycles. The summed E-state index contributed by atoms with van der Waals surface area (Å²) >= 11 is 6.21. The summed E-state index contributed by atoms with van der Waals surface area (Å²) in [7, 11) is 0. The molecule has 0 bridgehead atoms. The molecule has 1 aromatic heterocycles. The van der Waals surface area contributed by atoms with E-state index in [0.29, 0.717) is 10.8 Å². The number of halogens is 1. The van der Waals surface area contributed by atoms with E-state index in [1.807, 2.05) is 55.5 Å². The number of benzene rings is 2. The summed E-state index contributed by atoms with van der Waals surface area (Å²) < 4.78 is 5.92. The maximum absolute atomic E-state index is 6.21. The molecule has 2 aromatic carbocycles. The van der Waals surface area contributed by atoms with Crippen molar-refractivity contribution in [1.82, 2.24) is 4.98 Å². The fraction of sp³-hybridized carbons (Fsp3) is 0.118. The van der Waals surface area contributed by atoms with E-state index in [9.17, 15) is 0 Å². The zero-order chi connectivity index (χ0) is 14.8. The summed E-state index contributed by atoms with van der Waals surface area (Å²) in [5, 5.41) is 2.65. The highest BCUT2D eigenvalue weighted by atomic mass is 35.5. The van der Waals surface area contributed by atoms with Gasteiger partial charge in [-0.05, 0) is 31.2 Å². The molecule has 2 N–H and O–H groups in total. The Kier molecular flexibility index (Phi) is 3.78. The van der Waals surface area contributed by atoms with E-state index < -0.39 is 0 Å². The number of aromatic nitrogens is 1. The lowest BCUT2D eigenvalue weighted by atomic mass is 10.1. The van der Waals surface area contributed by atoms with Gasteiger partial charge < -0.3 is 10.5 Å². The van der Waals surface area contributed by atoms with Crippen LogP contribution in [0.1, 0.15) is 18.7 Å². The third-order valence-electron chi connectivity index (χ3n) is 3.28. The van der Waals surface area contributed by atoms with Crippen molar-refractivity contribution >= 4 is 22.4 Å². The van der Waals surface area contributed by atoms with E-state index in [0.717, 1.165) is 22.2 Å². The van der Waals surface area contributed by atoms with E-state index in [2.05, 4.69) is 4.98 Å². The number of hydrogen-bond donors (Lipinski definition) is 1. The van der Waals surface area contributed by atoms with Gasteiger partial charge in [0.1, 0.15) is 11.5 Å². The molecular formula is C17H15ClN2O. The van der Waals surface area contributed by atoms with Gasteiger partial charge in [-0.15, -0.1) is 0 Å². The Morgan fingerprint density at radius 1 is 1.05 bits per heavy atom. The molecule has 0 fully saturated rings. The van der Waals surface area contributed by atoms with Crippen LogP contribution in [0.5, 0.6) is 11.5 Å². The second-order valence-electron chi connectivity index (χ2n) is 4.90. The van der Waals surface area contributed by atoms with Crippen molar-refractivity contribution in [3.05, 3.63) is 65.4 Å². The van der Waals surface area contributed by atoms with Gasteiger partial charge in [-0.3, -0.25) is 4.98 Å². The van der Waals surface area contributed by atoms with Crippen LogP contribution in [0.2, 0.25) is 5.02 Å². The lowest BCUT2D eigenvalue weighted by Gasteiger charge is -2.11. The first-order chi connectivity index (χ1) is 10.1. The van der Waals surface area contributed by atoms with Crippen LogP contribution in [0.25, 0.3) is 10.8 Å². The Balaban J connectivity index is 1.96. The lowest BCUT2D eigenvalue weighted by Crippen LogP contribution is -2.06. The molecule has 4 heteroatoms. The van der Waals surface area contributed by atoms with Crippen LogP contribution in [0.3, 0.4) is 0 Å². The molecule has 0 aliphatic heterocycles. The first kappa shape index (κ1) is 13.9.